The van der Waals surface area contributed by atoms with Crippen LogP contribution < -0.4 is 25.8 Å². The van der Waals surface area contributed by atoms with Crippen molar-refractivity contribution >= 4 is 49.8 Å². The summed E-state index contributed by atoms with van der Waals surface area (Å²) in [6.45, 7) is 1.13. The first kappa shape index (κ1) is 23.6. The average molecular weight is 508 g/mol. The summed E-state index contributed by atoms with van der Waals surface area (Å²) in [6, 6.07) is 13.9. The van der Waals surface area contributed by atoms with Crippen molar-refractivity contribution in [2.75, 3.05) is 35.7 Å². The lowest BCUT2D eigenvalue weighted by molar-refractivity contribution is 0.477. The van der Waals surface area contributed by atoms with Crippen molar-refractivity contribution in [1.82, 2.24) is 19.3 Å². The molecule has 0 saturated carbocycles. The largest absolute Gasteiger partial charge is 0.506 e. The highest BCUT2D eigenvalue weighted by molar-refractivity contribution is 7.88. The lowest BCUT2D eigenvalue weighted by Gasteiger charge is -2.32. The molecule has 0 fully saturated rings. The summed E-state index contributed by atoms with van der Waals surface area (Å²) in [7, 11) is -0.313. The molecule has 0 spiro atoms. The Balaban J connectivity index is 1.45. The predicted octanol–water partition coefficient (Wildman–Crippen LogP) is 2.39. The van der Waals surface area contributed by atoms with Crippen molar-refractivity contribution in [2.24, 2.45) is 7.05 Å². The van der Waals surface area contributed by atoms with E-state index in [1.165, 1.54) is 11.6 Å². The van der Waals surface area contributed by atoms with Gasteiger partial charge in [0, 0.05) is 37.4 Å². The van der Waals surface area contributed by atoms with Crippen LogP contribution in [-0.2, 0) is 22.8 Å². The van der Waals surface area contributed by atoms with Crippen molar-refractivity contribution in [3.05, 3.63) is 70.6 Å². The Morgan fingerprint density at radius 2 is 1.92 bits per heavy atom. The van der Waals surface area contributed by atoms with E-state index in [0.717, 1.165) is 5.69 Å². The molecule has 0 saturated heterocycles. The third-order valence-electron chi connectivity index (χ3n) is 6.05. The van der Waals surface area contributed by atoms with Gasteiger partial charge < -0.3 is 20.6 Å². The smallest absolute Gasteiger partial charge is 0.275 e. The second-order valence-electron chi connectivity index (χ2n) is 8.40. The Bertz CT molecular complexity index is 1620. The molecule has 0 unspecified atom stereocenters. The van der Waals surface area contributed by atoms with Crippen LogP contribution in [0.1, 0.15) is 5.56 Å². The van der Waals surface area contributed by atoms with Gasteiger partial charge in [0.05, 0.1) is 11.4 Å². The molecule has 186 valence electrons. The lowest BCUT2D eigenvalue weighted by atomic mass is 10.1. The zero-order valence-electron chi connectivity index (χ0n) is 19.7. The van der Waals surface area contributed by atoms with Crippen LogP contribution in [0.5, 0.6) is 5.75 Å². The number of aromatic hydroxyl groups is 1. The number of hydrogen-bond acceptors (Lipinski definition) is 9. The van der Waals surface area contributed by atoms with Gasteiger partial charge in [-0.2, -0.15) is 4.98 Å². The van der Waals surface area contributed by atoms with Crippen molar-refractivity contribution < 1.29 is 13.5 Å². The van der Waals surface area contributed by atoms with Gasteiger partial charge in [0.2, 0.25) is 16.0 Å². The molecule has 0 bridgehead atoms. The van der Waals surface area contributed by atoms with Crippen molar-refractivity contribution in [2.45, 2.75) is 5.75 Å². The lowest BCUT2D eigenvalue weighted by Crippen LogP contribution is -2.35. The number of phenols is 1. The molecule has 4 aromatic rings. The Labute approximate surface area is 207 Å². The molecule has 3 heterocycles. The van der Waals surface area contributed by atoms with E-state index in [1.54, 1.807) is 55.7 Å². The molecule has 36 heavy (non-hydrogen) atoms. The first-order valence-corrected chi connectivity index (χ1v) is 12.9. The van der Waals surface area contributed by atoms with Crippen molar-refractivity contribution in [3.8, 4) is 5.75 Å². The van der Waals surface area contributed by atoms with E-state index < -0.39 is 10.0 Å². The number of rotatable bonds is 6. The maximum absolute atomic E-state index is 13.3. The van der Waals surface area contributed by atoms with Gasteiger partial charge in [0.1, 0.15) is 22.8 Å². The third kappa shape index (κ3) is 4.43. The molecular formula is C24H25N7O4S. The number of sulfonamides is 1. The summed E-state index contributed by atoms with van der Waals surface area (Å²) in [5.41, 5.74) is 3.35. The molecule has 5 rings (SSSR count). The molecule has 0 amide bonds. The van der Waals surface area contributed by atoms with Crippen LogP contribution in [-0.4, -0.2) is 48.2 Å². The molecule has 0 aliphatic carbocycles. The molecule has 11 nitrogen and oxygen atoms in total. The molecule has 4 N–H and O–H groups in total. The van der Waals surface area contributed by atoms with Gasteiger partial charge in [0.15, 0.2) is 0 Å². The fraction of sp³-hybridized carbons (Fsp3) is 0.208. The Hall–Kier alpha value is -4.16. The molecule has 0 atom stereocenters. The van der Waals surface area contributed by atoms with E-state index in [0.29, 0.717) is 52.7 Å². The number of fused-ring (bicyclic) bond motifs is 2. The van der Waals surface area contributed by atoms with Gasteiger partial charge in [-0.3, -0.25) is 9.36 Å². The number of phenolic OH excluding ortho intramolecular Hbond substituents is 1. The number of hydrogen-bond donors (Lipinski definition) is 4. The number of para-hydroxylation sites is 1. The highest BCUT2D eigenvalue weighted by Crippen LogP contribution is 2.39. The van der Waals surface area contributed by atoms with E-state index in [-0.39, 0.29) is 17.1 Å². The number of aromatic nitrogens is 3. The van der Waals surface area contributed by atoms with Crippen molar-refractivity contribution in [3.63, 3.8) is 0 Å². The normalized spacial score (nSPS) is 13.3. The Kier molecular flexibility index (Phi) is 5.98. The standard InChI is InChI=1S/C24H25N7O4S/c1-25-36(34,35)14-15-6-8-17(9-7-15)28-24-27-13-16-12-19(23(33)30(2)22(16)29-24)31-11-10-26-21-18(31)4-3-5-20(21)32/h3-9,12-13,25-26,32H,10-11,14H2,1-2H3,(H,27,28,29). The second-order valence-corrected chi connectivity index (χ2v) is 10.3. The van der Waals surface area contributed by atoms with E-state index in [2.05, 4.69) is 25.3 Å². The highest BCUT2D eigenvalue weighted by atomic mass is 32.2. The summed E-state index contributed by atoms with van der Waals surface area (Å²) in [5.74, 6) is 0.321. The SMILES string of the molecule is CNS(=O)(=O)Cc1ccc(Nc2ncc3cc(N4CCNc5c(O)cccc54)c(=O)n(C)c3n2)cc1. The molecule has 0 radical (unpaired) electrons. The number of benzene rings is 2. The zero-order valence-corrected chi connectivity index (χ0v) is 20.5. The van der Waals surface area contributed by atoms with Crippen LogP contribution in [0.4, 0.5) is 28.7 Å². The molecule has 2 aromatic heterocycles. The summed E-state index contributed by atoms with van der Waals surface area (Å²) >= 11 is 0. The fourth-order valence-electron chi connectivity index (χ4n) is 4.19. The summed E-state index contributed by atoms with van der Waals surface area (Å²) in [5, 5.41) is 17.2. The van der Waals surface area contributed by atoms with Crippen LogP contribution in [0.15, 0.2) is 59.5 Å². The number of anilines is 5. The van der Waals surface area contributed by atoms with Crippen LogP contribution in [0.25, 0.3) is 11.0 Å². The second kappa shape index (κ2) is 9.13. The average Bonchev–Trinajstić information content (AvgIpc) is 2.87. The minimum absolute atomic E-state index is 0.113. The maximum atomic E-state index is 13.3. The topological polar surface area (TPSA) is 141 Å². The first-order valence-electron chi connectivity index (χ1n) is 11.2. The van der Waals surface area contributed by atoms with Gasteiger partial charge in [-0.1, -0.05) is 18.2 Å². The minimum atomic E-state index is -3.35. The van der Waals surface area contributed by atoms with Gasteiger partial charge in [-0.05, 0) is 42.9 Å². The van der Waals surface area contributed by atoms with Crippen molar-refractivity contribution in [1.29, 1.82) is 0 Å². The van der Waals surface area contributed by atoms with Gasteiger partial charge in [-0.25, -0.2) is 18.1 Å². The molecule has 2 aromatic carbocycles. The van der Waals surface area contributed by atoms with E-state index in [4.69, 9.17) is 0 Å². The first-order chi connectivity index (χ1) is 17.3. The molecule has 1 aliphatic rings. The van der Waals surface area contributed by atoms with Gasteiger partial charge in [-0.15, -0.1) is 0 Å². The van der Waals surface area contributed by atoms with Gasteiger partial charge >= 0.3 is 0 Å². The van der Waals surface area contributed by atoms with Gasteiger partial charge in [0.25, 0.3) is 5.56 Å². The number of pyridine rings is 1. The van der Waals surface area contributed by atoms with Crippen LogP contribution in [0.2, 0.25) is 0 Å². The third-order valence-corrected chi connectivity index (χ3v) is 7.38. The predicted molar refractivity (Wildman–Crippen MR) is 140 cm³/mol. The number of nitrogens with zero attached hydrogens (tertiary/aromatic N) is 4. The quantitative estimate of drug-likeness (QED) is 0.289. The zero-order chi connectivity index (χ0) is 25.4. The monoisotopic (exact) mass is 507 g/mol. The summed E-state index contributed by atoms with van der Waals surface area (Å²) in [6.07, 6.45) is 1.65. The van der Waals surface area contributed by atoms with E-state index in [9.17, 15) is 18.3 Å². The Morgan fingerprint density at radius 3 is 2.67 bits per heavy atom. The maximum Gasteiger partial charge on any atom is 0.275 e. The highest BCUT2D eigenvalue weighted by Gasteiger charge is 2.23. The van der Waals surface area contributed by atoms with E-state index >= 15 is 0 Å². The molecule has 12 heteroatoms. The summed E-state index contributed by atoms with van der Waals surface area (Å²) in [4.78, 5) is 24.1. The molecular weight excluding hydrogens is 482 g/mol. The van der Waals surface area contributed by atoms with E-state index in [1.807, 2.05) is 11.0 Å². The van der Waals surface area contributed by atoms with Crippen LogP contribution >= 0.6 is 0 Å². The minimum Gasteiger partial charge on any atom is -0.506 e. The number of aryl methyl sites for hydroxylation is 1. The fourth-order valence-corrected chi connectivity index (χ4v) is 4.96. The van der Waals surface area contributed by atoms with Crippen LogP contribution in [0, 0.1) is 0 Å². The molecule has 1 aliphatic heterocycles. The Morgan fingerprint density at radius 1 is 1.14 bits per heavy atom. The summed E-state index contributed by atoms with van der Waals surface area (Å²) < 4.78 is 27.2. The number of nitrogens with one attached hydrogen (secondary N) is 3. The van der Waals surface area contributed by atoms with Crippen LogP contribution in [0.3, 0.4) is 0 Å².